The lowest BCUT2D eigenvalue weighted by atomic mass is 9.91. The Morgan fingerprint density at radius 1 is 1.09 bits per heavy atom. The average molecular weight is 439 g/mol. The molecule has 0 spiro atoms. The number of amides is 1. The average Bonchev–Trinajstić information content (AvgIpc) is 3.20. The summed E-state index contributed by atoms with van der Waals surface area (Å²) in [7, 11) is 0. The van der Waals surface area contributed by atoms with E-state index in [1.54, 1.807) is 16.7 Å². The van der Waals surface area contributed by atoms with Gasteiger partial charge in [-0.25, -0.2) is 0 Å². The second-order valence-corrected chi connectivity index (χ2v) is 7.66. The first-order valence-electron chi connectivity index (χ1n) is 10.2. The minimum absolute atomic E-state index is 0.142. The van der Waals surface area contributed by atoms with Gasteiger partial charge in [-0.05, 0) is 43.4 Å². The maximum atomic E-state index is 12.4. The molecule has 3 aromatic rings. The Balaban J connectivity index is 1.31. The number of benzene rings is 1. The van der Waals surface area contributed by atoms with Crippen molar-refractivity contribution >= 4 is 34.6 Å². The normalized spacial score (nSPS) is 14.4. The molecule has 12 nitrogen and oxygen atoms in total. The van der Waals surface area contributed by atoms with Gasteiger partial charge < -0.3 is 4.90 Å². The molecule has 2 aromatic heterocycles. The van der Waals surface area contributed by atoms with Crippen molar-refractivity contribution in [2.24, 2.45) is 5.92 Å². The van der Waals surface area contributed by atoms with Gasteiger partial charge in [0.25, 0.3) is 11.4 Å². The largest absolute Gasteiger partial charge is 0.366 e. The van der Waals surface area contributed by atoms with Crippen molar-refractivity contribution < 1.29 is 14.6 Å². The number of nitro benzene ring substituents is 2. The van der Waals surface area contributed by atoms with Gasteiger partial charge >= 0.3 is 0 Å². The molecule has 0 saturated carbocycles. The van der Waals surface area contributed by atoms with Crippen LogP contribution in [-0.4, -0.2) is 43.4 Å². The monoisotopic (exact) mass is 439 g/mol. The van der Waals surface area contributed by atoms with E-state index in [-0.39, 0.29) is 17.3 Å². The minimum atomic E-state index is -0.642. The molecule has 1 aromatic carbocycles. The molecule has 12 heteroatoms. The fourth-order valence-corrected chi connectivity index (χ4v) is 3.95. The SMILES string of the molecule is O=C(CCC1CCN(c2ccc([N+](=O)[O-])cc2[N+](=O)[O-])CC1)Nc1nnc2ccccn12. The van der Waals surface area contributed by atoms with Crippen LogP contribution in [0.4, 0.5) is 23.0 Å². The fourth-order valence-electron chi connectivity index (χ4n) is 3.95. The third-order valence-electron chi connectivity index (χ3n) is 5.67. The van der Waals surface area contributed by atoms with Crippen LogP contribution in [0.25, 0.3) is 5.65 Å². The minimum Gasteiger partial charge on any atom is -0.366 e. The number of piperidine rings is 1. The van der Waals surface area contributed by atoms with Crippen LogP contribution in [-0.2, 0) is 4.79 Å². The number of pyridine rings is 1. The van der Waals surface area contributed by atoms with Crippen molar-refractivity contribution in [3.63, 3.8) is 0 Å². The number of carbonyl (C=O) groups is 1. The molecule has 0 radical (unpaired) electrons. The fraction of sp³-hybridized carbons (Fsp3) is 0.350. The van der Waals surface area contributed by atoms with E-state index in [0.29, 0.717) is 49.1 Å². The Morgan fingerprint density at radius 2 is 1.88 bits per heavy atom. The van der Waals surface area contributed by atoms with Gasteiger partial charge in [0.1, 0.15) is 5.69 Å². The van der Waals surface area contributed by atoms with E-state index in [0.717, 1.165) is 18.9 Å². The number of hydrogen-bond donors (Lipinski definition) is 1. The zero-order valence-corrected chi connectivity index (χ0v) is 17.1. The van der Waals surface area contributed by atoms with Gasteiger partial charge in [-0.1, -0.05) is 6.07 Å². The van der Waals surface area contributed by atoms with Gasteiger partial charge in [0, 0.05) is 31.8 Å². The van der Waals surface area contributed by atoms with Gasteiger partial charge in [0.15, 0.2) is 5.65 Å². The van der Waals surface area contributed by atoms with Crippen LogP contribution >= 0.6 is 0 Å². The Bertz CT molecular complexity index is 1170. The highest BCUT2D eigenvalue weighted by Gasteiger charge is 2.27. The highest BCUT2D eigenvalue weighted by Crippen LogP contribution is 2.35. The zero-order valence-electron chi connectivity index (χ0n) is 17.1. The number of nitrogens with one attached hydrogen (secondary N) is 1. The third kappa shape index (κ3) is 4.48. The third-order valence-corrected chi connectivity index (χ3v) is 5.67. The Kier molecular flexibility index (Phi) is 5.92. The molecule has 0 atom stereocenters. The van der Waals surface area contributed by atoms with Crippen molar-refractivity contribution in [2.75, 3.05) is 23.3 Å². The molecule has 0 unspecified atom stereocenters. The number of aromatic nitrogens is 3. The Labute approximate surface area is 182 Å². The predicted molar refractivity (Wildman–Crippen MR) is 116 cm³/mol. The van der Waals surface area contributed by atoms with Crippen LogP contribution in [0.5, 0.6) is 0 Å². The van der Waals surface area contributed by atoms with E-state index in [1.807, 2.05) is 17.0 Å². The van der Waals surface area contributed by atoms with E-state index >= 15 is 0 Å². The lowest BCUT2D eigenvalue weighted by Crippen LogP contribution is -2.34. The predicted octanol–water partition coefficient (Wildman–Crippen LogP) is 3.18. The van der Waals surface area contributed by atoms with Crippen LogP contribution in [0.15, 0.2) is 42.6 Å². The number of nitrogens with zero attached hydrogens (tertiary/aromatic N) is 6. The van der Waals surface area contributed by atoms with Crippen LogP contribution in [0, 0.1) is 26.1 Å². The van der Waals surface area contributed by atoms with E-state index < -0.39 is 9.85 Å². The van der Waals surface area contributed by atoms with Gasteiger partial charge in [0.2, 0.25) is 11.9 Å². The summed E-state index contributed by atoms with van der Waals surface area (Å²) in [6.45, 7) is 1.17. The molecule has 1 aliphatic heterocycles. The summed E-state index contributed by atoms with van der Waals surface area (Å²) in [5.41, 5.74) is 0.463. The summed E-state index contributed by atoms with van der Waals surface area (Å²) >= 11 is 0. The van der Waals surface area contributed by atoms with E-state index in [9.17, 15) is 25.0 Å². The van der Waals surface area contributed by atoms with Crippen LogP contribution in [0.3, 0.4) is 0 Å². The summed E-state index contributed by atoms with van der Waals surface area (Å²) < 4.78 is 1.70. The first-order chi connectivity index (χ1) is 15.4. The molecule has 1 saturated heterocycles. The van der Waals surface area contributed by atoms with E-state index in [2.05, 4.69) is 15.5 Å². The first kappa shape index (κ1) is 21.2. The molecule has 1 fully saturated rings. The second kappa shape index (κ2) is 8.96. The van der Waals surface area contributed by atoms with Gasteiger partial charge in [-0.3, -0.25) is 34.7 Å². The molecular weight excluding hydrogens is 418 g/mol. The first-order valence-corrected chi connectivity index (χ1v) is 10.2. The van der Waals surface area contributed by atoms with Crippen molar-refractivity contribution in [1.29, 1.82) is 0 Å². The number of fused-ring (bicyclic) bond motifs is 1. The standard InChI is InChI=1S/C20H21N7O5/c28-19(21-20-23-22-18-3-1-2-10-25(18)20)7-4-14-8-11-24(12-9-14)16-6-5-15(26(29)30)13-17(16)27(31)32/h1-3,5-6,10,13-14H,4,7-9,11-12H2,(H,21,23,28). The number of carbonyl (C=O) groups excluding carboxylic acids is 1. The number of hydrogen-bond acceptors (Lipinski definition) is 8. The summed E-state index contributed by atoms with van der Waals surface area (Å²) in [5, 5.41) is 33.1. The molecule has 1 amide bonds. The Hall–Kier alpha value is -4.09. The second-order valence-electron chi connectivity index (χ2n) is 7.66. The smallest absolute Gasteiger partial charge is 0.299 e. The summed E-state index contributed by atoms with van der Waals surface area (Å²) in [4.78, 5) is 35.3. The van der Waals surface area contributed by atoms with E-state index in [4.69, 9.17) is 0 Å². The van der Waals surface area contributed by atoms with E-state index in [1.165, 1.54) is 12.1 Å². The van der Waals surface area contributed by atoms with Gasteiger partial charge in [-0.15, -0.1) is 10.2 Å². The zero-order chi connectivity index (χ0) is 22.7. The van der Waals surface area contributed by atoms with Crippen LogP contribution < -0.4 is 10.2 Å². The maximum Gasteiger partial charge on any atom is 0.299 e. The van der Waals surface area contributed by atoms with Crippen molar-refractivity contribution in [2.45, 2.75) is 25.7 Å². The summed E-state index contributed by atoms with van der Waals surface area (Å²) in [6, 6.07) is 9.19. The molecule has 1 aliphatic rings. The van der Waals surface area contributed by atoms with Gasteiger partial charge in [-0.2, -0.15) is 0 Å². The summed E-state index contributed by atoms with van der Waals surface area (Å²) in [6.07, 6.45) is 4.35. The lowest BCUT2D eigenvalue weighted by molar-refractivity contribution is -0.393. The van der Waals surface area contributed by atoms with Crippen LogP contribution in [0.2, 0.25) is 0 Å². The molecule has 3 heterocycles. The lowest BCUT2D eigenvalue weighted by Gasteiger charge is -2.33. The quantitative estimate of drug-likeness (QED) is 0.436. The number of non-ortho nitro benzene ring substituents is 1. The highest BCUT2D eigenvalue weighted by atomic mass is 16.6. The molecule has 0 aliphatic carbocycles. The highest BCUT2D eigenvalue weighted by molar-refractivity contribution is 5.89. The van der Waals surface area contributed by atoms with Crippen molar-refractivity contribution in [3.05, 3.63) is 62.8 Å². The Morgan fingerprint density at radius 3 is 2.59 bits per heavy atom. The molecule has 4 rings (SSSR count). The number of rotatable bonds is 7. The topological polar surface area (TPSA) is 149 Å². The molecule has 166 valence electrons. The van der Waals surface area contributed by atoms with Crippen LogP contribution in [0.1, 0.15) is 25.7 Å². The van der Waals surface area contributed by atoms with Gasteiger partial charge in [0.05, 0.1) is 15.9 Å². The molecular formula is C20H21N7O5. The maximum absolute atomic E-state index is 12.4. The number of nitro groups is 2. The molecule has 1 N–H and O–H groups in total. The summed E-state index contributed by atoms with van der Waals surface area (Å²) in [5.74, 6) is 0.548. The van der Waals surface area contributed by atoms with Crippen molar-refractivity contribution in [1.82, 2.24) is 14.6 Å². The van der Waals surface area contributed by atoms with Crippen molar-refractivity contribution in [3.8, 4) is 0 Å². The molecule has 32 heavy (non-hydrogen) atoms. The number of anilines is 2. The molecule has 0 bridgehead atoms.